The third-order valence-corrected chi connectivity index (χ3v) is 5.50. The SMILES string of the molecule is COc1ccc(OC)c(C2CCCN2C(=O)C2=Cc3cc(Cl)ccc3OC2)c1. The molecule has 28 heavy (non-hydrogen) atoms. The van der Waals surface area contributed by atoms with Gasteiger partial charge in [-0.05, 0) is 55.3 Å². The van der Waals surface area contributed by atoms with Crippen LogP contribution in [0, 0.1) is 0 Å². The molecule has 2 aliphatic rings. The van der Waals surface area contributed by atoms with Crippen molar-refractivity contribution >= 4 is 23.6 Å². The zero-order valence-corrected chi connectivity index (χ0v) is 16.7. The summed E-state index contributed by atoms with van der Waals surface area (Å²) in [6.07, 6.45) is 3.70. The Kier molecular flexibility index (Phi) is 5.18. The normalized spacial score (nSPS) is 18.2. The third kappa shape index (κ3) is 3.42. The largest absolute Gasteiger partial charge is 0.497 e. The Morgan fingerprint density at radius 1 is 1.18 bits per heavy atom. The minimum atomic E-state index is -0.0563. The van der Waals surface area contributed by atoms with E-state index >= 15 is 0 Å². The summed E-state index contributed by atoms with van der Waals surface area (Å²) in [6.45, 7) is 0.954. The van der Waals surface area contributed by atoms with Crippen LogP contribution in [0.15, 0.2) is 42.0 Å². The van der Waals surface area contributed by atoms with E-state index in [1.165, 1.54) is 0 Å². The highest BCUT2D eigenvalue weighted by Crippen LogP contribution is 2.40. The van der Waals surface area contributed by atoms with Crippen LogP contribution < -0.4 is 14.2 Å². The van der Waals surface area contributed by atoms with Gasteiger partial charge in [0.05, 0.1) is 25.8 Å². The monoisotopic (exact) mass is 399 g/mol. The first-order valence-corrected chi connectivity index (χ1v) is 9.64. The molecular formula is C22H22ClNO4. The molecule has 1 saturated heterocycles. The van der Waals surface area contributed by atoms with Crippen LogP contribution in [0.2, 0.25) is 5.02 Å². The van der Waals surface area contributed by atoms with Crippen molar-refractivity contribution in [2.24, 2.45) is 0 Å². The zero-order valence-electron chi connectivity index (χ0n) is 15.9. The van der Waals surface area contributed by atoms with Crippen molar-refractivity contribution in [3.05, 3.63) is 58.1 Å². The molecule has 1 unspecified atom stereocenters. The number of amides is 1. The molecule has 0 bridgehead atoms. The summed E-state index contributed by atoms with van der Waals surface area (Å²) >= 11 is 6.09. The minimum Gasteiger partial charge on any atom is -0.497 e. The maximum Gasteiger partial charge on any atom is 0.253 e. The lowest BCUT2D eigenvalue weighted by atomic mass is 10.0. The topological polar surface area (TPSA) is 48.0 Å². The Labute approximate surface area is 169 Å². The molecule has 2 aliphatic heterocycles. The fourth-order valence-electron chi connectivity index (χ4n) is 3.89. The van der Waals surface area contributed by atoms with Gasteiger partial charge in [-0.3, -0.25) is 4.79 Å². The molecule has 146 valence electrons. The van der Waals surface area contributed by atoms with Crippen LogP contribution in [0.5, 0.6) is 17.2 Å². The van der Waals surface area contributed by atoms with Gasteiger partial charge in [0.25, 0.3) is 5.91 Å². The molecule has 5 nitrogen and oxygen atoms in total. The first kappa shape index (κ1) is 18.7. The molecule has 2 aromatic rings. The van der Waals surface area contributed by atoms with Crippen molar-refractivity contribution in [2.75, 3.05) is 27.4 Å². The Bertz CT molecular complexity index is 940. The maximum atomic E-state index is 13.3. The van der Waals surface area contributed by atoms with E-state index in [0.29, 0.717) is 17.1 Å². The first-order chi connectivity index (χ1) is 13.6. The summed E-state index contributed by atoms with van der Waals surface area (Å²) in [4.78, 5) is 15.2. The summed E-state index contributed by atoms with van der Waals surface area (Å²) in [5.41, 5.74) is 2.42. The summed E-state index contributed by atoms with van der Waals surface area (Å²) in [7, 11) is 3.28. The molecular weight excluding hydrogens is 378 g/mol. The molecule has 0 spiro atoms. The van der Waals surface area contributed by atoms with Crippen LogP contribution in [-0.4, -0.2) is 38.2 Å². The lowest BCUT2D eigenvalue weighted by molar-refractivity contribution is -0.128. The molecule has 0 aliphatic carbocycles. The number of methoxy groups -OCH3 is 2. The van der Waals surface area contributed by atoms with E-state index in [1.54, 1.807) is 20.3 Å². The molecule has 0 aromatic heterocycles. The predicted octanol–water partition coefficient (Wildman–Crippen LogP) is 4.50. The van der Waals surface area contributed by atoms with Crippen molar-refractivity contribution in [3.63, 3.8) is 0 Å². The quantitative estimate of drug-likeness (QED) is 0.759. The van der Waals surface area contributed by atoms with E-state index < -0.39 is 0 Å². The van der Waals surface area contributed by atoms with Crippen LogP contribution >= 0.6 is 11.6 Å². The maximum absolute atomic E-state index is 13.3. The lowest BCUT2D eigenvalue weighted by Gasteiger charge is -2.28. The standard InChI is InChI=1S/C22H22ClNO4/c1-26-17-6-8-21(27-2)18(12-17)19-4-3-9-24(19)22(25)15-10-14-11-16(23)5-7-20(14)28-13-15/h5-8,10-12,19H,3-4,9,13H2,1-2H3. The number of ether oxygens (including phenoxy) is 3. The van der Waals surface area contributed by atoms with Crippen molar-refractivity contribution in [2.45, 2.75) is 18.9 Å². The average Bonchev–Trinajstić information content (AvgIpc) is 3.21. The number of hydrogen-bond acceptors (Lipinski definition) is 4. The molecule has 1 atom stereocenters. The van der Waals surface area contributed by atoms with Gasteiger partial charge in [0.15, 0.2) is 0 Å². The fraction of sp³-hybridized carbons (Fsp3) is 0.318. The van der Waals surface area contributed by atoms with Crippen LogP contribution in [-0.2, 0) is 4.79 Å². The lowest BCUT2D eigenvalue weighted by Crippen LogP contribution is -2.34. The number of rotatable bonds is 4. The Morgan fingerprint density at radius 2 is 2.04 bits per heavy atom. The molecule has 4 rings (SSSR count). The number of nitrogens with zero attached hydrogens (tertiary/aromatic N) is 1. The minimum absolute atomic E-state index is 0.0157. The average molecular weight is 400 g/mol. The molecule has 2 aromatic carbocycles. The number of likely N-dealkylation sites (tertiary alicyclic amines) is 1. The molecule has 0 N–H and O–H groups in total. The summed E-state index contributed by atoms with van der Waals surface area (Å²) in [5.74, 6) is 2.24. The highest BCUT2D eigenvalue weighted by Gasteiger charge is 2.34. The van der Waals surface area contributed by atoms with E-state index in [9.17, 15) is 4.79 Å². The number of fused-ring (bicyclic) bond motifs is 1. The van der Waals surface area contributed by atoms with Crippen LogP contribution in [0.3, 0.4) is 0 Å². The van der Waals surface area contributed by atoms with Gasteiger partial charge < -0.3 is 19.1 Å². The highest BCUT2D eigenvalue weighted by atomic mass is 35.5. The fourth-order valence-corrected chi connectivity index (χ4v) is 4.07. The van der Waals surface area contributed by atoms with Crippen molar-refractivity contribution in [3.8, 4) is 17.2 Å². The van der Waals surface area contributed by atoms with Crippen LogP contribution in [0.4, 0.5) is 0 Å². The summed E-state index contributed by atoms with van der Waals surface area (Å²) in [5, 5.41) is 0.618. The molecule has 1 amide bonds. The van der Waals surface area contributed by atoms with E-state index in [1.807, 2.05) is 41.3 Å². The van der Waals surface area contributed by atoms with Crippen LogP contribution in [0.25, 0.3) is 6.08 Å². The molecule has 1 fully saturated rings. The smallest absolute Gasteiger partial charge is 0.253 e. The van der Waals surface area contributed by atoms with Crippen molar-refractivity contribution < 1.29 is 19.0 Å². The summed E-state index contributed by atoms with van der Waals surface area (Å²) in [6, 6.07) is 11.1. The van der Waals surface area contributed by atoms with Gasteiger partial charge in [-0.2, -0.15) is 0 Å². The third-order valence-electron chi connectivity index (χ3n) is 5.27. The molecule has 6 heteroatoms. The van der Waals surface area contributed by atoms with Gasteiger partial charge in [-0.1, -0.05) is 11.6 Å². The highest BCUT2D eigenvalue weighted by molar-refractivity contribution is 6.30. The van der Waals surface area contributed by atoms with E-state index in [-0.39, 0.29) is 18.6 Å². The Hall–Kier alpha value is -2.66. The molecule has 2 heterocycles. The second-order valence-electron chi connectivity index (χ2n) is 6.90. The molecule has 0 radical (unpaired) electrons. The van der Waals surface area contributed by atoms with Crippen molar-refractivity contribution in [1.82, 2.24) is 4.90 Å². The van der Waals surface area contributed by atoms with Gasteiger partial charge in [0.1, 0.15) is 23.9 Å². The van der Waals surface area contributed by atoms with E-state index in [0.717, 1.165) is 41.2 Å². The first-order valence-electron chi connectivity index (χ1n) is 9.26. The summed E-state index contributed by atoms with van der Waals surface area (Å²) < 4.78 is 16.7. The predicted molar refractivity (Wildman–Crippen MR) is 108 cm³/mol. The van der Waals surface area contributed by atoms with Gasteiger partial charge in [-0.25, -0.2) is 0 Å². The molecule has 0 saturated carbocycles. The zero-order chi connectivity index (χ0) is 19.7. The number of carbonyl (C=O) groups excluding carboxylic acids is 1. The number of benzene rings is 2. The van der Waals surface area contributed by atoms with E-state index in [4.69, 9.17) is 25.8 Å². The number of hydrogen-bond donors (Lipinski definition) is 0. The van der Waals surface area contributed by atoms with Gasteiger partial charge in [-0.15, -0.1) is 0 Å². The number of halogens is 1. The van der Waals surface area contributed by atoms with Crippen LogP contribution in [0.1, 0.15) is 30.0 Å². The number of carbonyl (C=O) groups is 1. The van der Waals surface area contributed by atoms with Gasteiger partial charge in [0.2, 0.25) is 0 Å². The van der Waals surface area contributed by atoms with E-state index in [2.05, 4.69) is 0 Å². The Morgan fingerprint density at radius 3 is 2.82 bits per heavy atom. The Balaban J connectivity index is 1.65. The van der Waals surface area contributed by atoms with Crippen molar-refractivity contribution in [1.29, 1.82) is 0 Å². The second-order valence-corrected chi connectivity index (χ2v) is 7.34. The van der Waals surface area contributed by atoms with Gasteiger partial charge >= 0.3 is 0 Å². The van der Waals surface area contributed by atoms with Gasteiger partial charge in [0, 0.05) is 22.7 Å². The second kappa shape index (κ2) is 7.76.